The van der Waals surface area contributed by atoms with Crippen LogP contribution < -0.4 is 0 Å². The Morgan fingerprint density at radius 3 is 2.67 bits per heavy atom. The van der Waals surface area contributed by atoms with E-state index in [4.69, 9.17) is 0 Å². The summed E-state index contributed by atoms with van der Waals surface area (Å²) in [6.45, 7) is 3.41. The predicted molar refractivity (Wildman–Crippen MR) is 28.6 cm³/mol. The molecular formula is C3H6N2S. The molecule has 0 rings (SSSR count). The summed E-state index contributed by atoms with van der Waals surface area (Å²) < 4.78 is 3.51. The molecule has 0 radical (unpaired) electrons. The van der Waals surface area contributed by atoms with Crippen LogP contribution >= 0.6 is 11.9 Å². The minimum Gasteiger partial charge on any atom is -0.185 e. The Morgan fingerprint density at radius 2 is 2.50 bits per heavy atom. The van der Waals surface area contributed by atoms with Crippen molar-refractivity contribution in [3.63, 3.8) is 0 Å². The summed E-state index contributed by atoms with van der Waals surface area (Å²) in [4.78, 5) is 0. The Hall–Kier alpha value is -0.310. The SMILES string of the molecule is C=CSN=NC. The second kappa shape index (κ2) is 4.69. The highest BCUT2D eigenvalue weighted by Crippen LogP contribution is 1.99. The Morgan fingerprint density at radius 1 is 1.83 bits per heavy atom. The van der Waals surface area contributed by atoms with Gasteiger partial charge >= 0.3 is 0 Å². The molecule has 0 unspecified atom stereocenters. The first-order chi connectivity index (χ1) is 2.91. The molecule has 0 aliphatic carbocycles. The molecule has 0 aromatic rings. The van der Waals surface area contributed by atoms with Gasteiger partial charge < -0.3 is 0 Å². The van der Waals surface area contributed by atoms with Gasteiger partial charge in [0.05, 0.1) is 0 Å². The monoisotopic (exact) mass is 102 g/mol. The van der Waals surface area contributed by atoms with Crippen molar-refractivity contribution in [3.05, 3.63) is 12.0 Å². The Kier molecular flexibility index (Phi) is 4.45. The Bertz CT molecular complexity index is 59.8. The van der Waals surface area contributed by atoms with Gasteiger partial charge in [0.1, 0.15) is 0 Å². The third-order valence-electron chi connectivity index (χ3n) is 0.203. The van der Waals surface area contributed by atoms with Gasteiger partial charge in [0.2, 0.25) is 0 Å². The summed E-state index contributed by atoms with van der Waals surface area (Å²) in [5, 5.41) is 5.06. The predicted octanol–water partition coefficient (Wildman–Crippen LogP) is 1.86. The maximum Gasteiger partial charge on any atom is 0.0498 e. The molecule has 0 N–H and O–H groups in total. The van der Waals surface area contributed by atoms with E-state index in [1.807, 2.05) is 0 Å². The third-order valence-corrected chi connectivity index (χ3v) is 0.610. The largest absolute Gasteiger partial charge is 0.185 e. The minimum absolute atomic E-state index is 1.23. The summed E-state index contributed by atoms with van der Waals surface area (Å²) in [6.07, 6.45) is 0. The van der Waals surface area contributed by atoms with E-state index >= 15 is 0 Å². The van der Waals surface area contributed by atoms with Crippen molar-refractivity contribution in [1.29, 1.82) is 0 Å². The molecule has 0 aromatic carbocycles. The molecule has 0 saturated carbocycles. The molecule has 0 atom stereocenters. The smallest absolute Gasteiger partial charge is 0.0498 e. The number of hydrogen-bond acceptors (Lipinski definition) is 3. The molecule has 34 valence electrons. The summed E-state index contributed by atoms with van der Waals surface area (Å²) in [5.41, 5.74) is 0. The van der Waals surface area contributed by atoms with Gasteiger partial charge in [-0.15, -0.1) is 4.52 Å². The quantitative estimate of drug-likeness (QED) is 0.386. The molecule has 0 amide bonds. The van der Waals surface area contributed by atoms with Crippen LogP contribution in [0.2, 0.25) is 0 Å². The van der Waals surface area contributed by atoms with Crippen LogP contribution in [0.15, 0.2) is 21.6 Å². The maximum absolute atomic E-state index is 3.51. The lowest BCUT2D eigenvalue weighted by molar-refractivity contribution is 1.26. The molecule has 0 aromatic heterocycles. The highest BCUT2D eigenvalue weighted by atomic mass is 32.2. The topological polar surface area (TPSA) is 24.7 Å². The molecule has 0 aliphatic rings. The van der Waals surface area contributed by atoms with Gasteiger partial charge in [-0.2, -0.15) is 5.11 Å². The first kappa shape index (κ1) is 5.69. The standard InChI is InChI=1S/C3H6N2S/c1-3-6-5-4-2/h3H,1H2,2H3. The van der Waals surface area contributed by atoms with E-state index in [2.05, 4.69) is 16.2 Å². The summed E-state index contributed by atoms with van der Waals surface area (Å²) >= 11 is 1.23. The van der Waals surface area contributed by atoms with E-state index in [-0.39, 0.29) is 0 Å². The lowest BCUT2D eigenvalue weighted by Crippen LogP contribution is -1.37. The molecule has 0 spiro atoms. The fraction of sp³-hybridized carbons (Fsp3) is 0.333. The van der Waals surface area contributed by atoms with Crippen molar-refractivity contribution >= 4 is 11.9 Å². The molecule has 2 nitrogen and oxygen atoms in total. The molecule has 0 bridgehead atoms. The third kappa shape index (κ3) is 3.69. The van der Waals surface area contributed by atoms with E-state index in [0.29, 0.717) is 0 Å². The zero-order chi connectivity index (χ0) is 4.83. The van der Waals surface area contributed by atoms with Gasteiger partial charge in [0, 0.05) is 19.0 Å². The van der Waals surface area contributed by atoms with Gasteiger partial charge in [-0.05, 0) is 5.41 Å². The van der Waals surface area contributed by atoms with E-state index in [0.717, 1.165) is 0 Å². The van der Waals surface area contributed by atoms with Crippen molar-refractivity contribution in [2.75, 3.05) is 7.05 Å². The average Bonchev–Trinajstić information content (AvgIpc) is 1.61. The molecule has 3 heteroatoms. The van der Waals surface area contributed by atoms with Crippen LogP contribution in [0, 0.1) is 0 Å². The Balaban J connectivity index is 2.85. The van der Waals surface area contributed by atoms with Crippen molar-refractivity contribution in [1.82, 2.24) is 0 Å². The van der Waals surface area contributed by atoms with Crippen LogP contribution in [0.3, 0.4) is 0 Å². The van der Waals surface area contributed by atoms with Crippen molar-refractivity contribution in [2.24, 2.45) is 9.63 Å². The van der Waals surface area contributed by atoms with Crippen LogP contribution in [0.4, 0.5) is 0 Å². The van der Waals surface area contributed by atoms with Gasteiger partial charge in [-0.1, -0.05) is 6.58 Å². The van der Waals surface area contributed by atoms with Crippen LogP contribution in [-0.2, 0) is 0 Å². The van der Waals surface area contributed by atoms with Crippen molar-refractivity contribution in [3.8, 4) is 0 Å². The summed E-state index contributed by atoms with van der Waals surface area (Å²) in [5.74, 6) is 0. The molecule has 0 saturated heterocycles. The first-order valence-corrected chi connectivity index (χ1v) is 2.31. The van der Waals surface area contributed by atoms with Crippen molar-refractivity contribution in [2.45, 2.75) is 0 Å². The number of nitrogens with zero attached hydrogens (tertiary/aromatic N) is 2. The highest BCUT2D eigenvalue weighted by Gasteiger charge is 1.59. The van der Waals surface area contributed by atoms with E-state index in [1.54, 1.807) is 12.5 Å². The first-order valence-electron chi connectivity index (χ1n) is 1.47. The van der Waals surface area contributed by atoms with E-state index in [9.17, 15) is 0 Å². The summed E-state index contributed by atoms with van der Waals surface area (Å²) in [6, 6.07) is 0. The molecule has 0 heterocycles. The molecule has 6 heavy (non-hydrogen) atoms. The molecular weight excluding hydrogens is 96.1 g/mol. The molecule has 0 fully saturated rings. The van der Waals surface area contributed by atoms with Crippen molar-refractivity contribution < 1.29 is 0 Å². The highest BCUT2D eigenvalue weighted by molar-refractivity contribution is 8.00. The lowest BCUT2D eigenvalue weighted by atomic mass is 11.3. The number of rotatable bonds is 2. The minimum atomic E-state index is 1.23. The lowest BCUT2D eigenvalue weighted by Gasteiger charge is -1.68. The summed E-state index contributed by atoms with van der Waals surface area (Å²) in [7, 11) is 1.62. The number of hydrogen-bond donors (Lipinski definition) is 0. The second-order valence-corrected chi connectivity index (χ2v) is 1.26. The van der Waals surface area contributed by atoms with Crippen LogP contribution in [0.25, 0.3) is 0 Å². The van der Waals surface area contributed by atoms with E-state index in [1.165, 1.54) is 11.9 Å². The average molecular weight is 102 g/mol. The zero-order valence-corrected chi connectivity index (χ0v) is 4.40. The van der Waals surface area contributed by atoms with Crippen LogP contribution in [0.5, 0.6) is 0 Å². The maximum atomic E-state index is 3.51. The van der Waals surface area contributed by atoms with Gasteiger partial charge in [-0.25, -0.2) is 0 Å². The fourth-order valence-electron chi connectivity index (χ4n) is 0.0805. The van der Waals surface area contributed by atoms with Gasteiger partial charge in [0.15, 0.2) is 0 Å². The zero-order valence-electron chi connectivity index (χ0n) is 3.59. The molecule has 0 aliphatic heterocycles. The Labute approximate surface area is 41.5 Å². The van der Waals surface area contributed by atoms with Gasteiger partial charge in [-0.3, -0.25) is 0 Å². The van der Waals surface area contributed by atoms with Gasteiger partial charge in [0.25, 0.3) is 0 Å². The normalized spacial score (nSPS) is 9.50. The van der Waals surface area contributed by atoms with Crippen LogP contribution in [0.1, 0.15) is 0 Å². The van der Waals surface area contributed by atoms with Crippen LogP contribution in [-0.4, -0.2) is 7.05 Å². The van der Waals surface area contributed by atoms with E-state index < -0.39 is 0 Å². The fourth-order valence-corrected chi connectivity index (χ4v) is 0.241. The second-order valence-electron chi connectivity index (χ2n) is 0.554.